The van der Waals surface area contributed by atoms with Crippen molar-refractivity contribution < 1.29 is 0 Å². The van der Waals surface area contributed by atoms with E-state index >= 15 is 0 Å². The van der Waals surface area contributed by atoms with Crippen LogP contribution < -0.4 is 5.73 Å². The van der Waals surface area contributed by atoms with Gasteiger partial charge in [-0.15, -0.1) is 0 Å². The van der Waals surface area contributed by atoms with Crippen molar-refractivity contribution in [2.24, 2.45) is 23.0 Å². The summed E-state index contributed by atoms with van der Waals surface area (Å²) in [6.07, 6.45) is 2.19. The summed E-state index contributed by atoms with van der Waals surface area (Å²) < 4.78 is 0. The molecule has 1 aliphatic carbocycles. The summed E-state index contributed by atoms with van der Waals surface area (Å²) in [7, 11) is 0. The molecule has 0 saturated heterocycles. The van der Waals surface area contributed by atoms with Crippen LogP contribution in [0.5, 0.6) is 0 Å². The molecule has 1 nitrogen and oxygen atoms in total. The van der Waals surface area contributed by atoms with Gasteiger partial charge in [0.2, 0.25) is 0 Å². The van der Waals surface area contributed by atoms with Crippen molar-refractivity contribution in [1.29, 1.82) is 0 Å². The first-order valence-electron chi connectivity index (χ1n) is 3.90. The van der Waals surface area contributed by atoms with Crippen LogP contribution in [-0.2, 0) is 0 Å². The molecule has 1 unspecified atom stereocenters. The highest BCUT2D eigenvalue weighted by molar-refractivity contribution is 5.20. The van der Waals surface area contributed by atoms with Crippen molar-refractivity contribution in [2.45, 2.75) is 27.7 Å². The standard InChI is InChI=1S/C9H17N/c1-6-7(5-8(6)10)9(2,3)4/h5-7H,10H2,1-4H3/t6-,7?/m0/s1. The molecule has 0 heterocycles. The zero-order chi connectivity index (χ0) is 7.94. The van der Waals surface area contributed by atoms with Gasteiger partial charge in [0.15, 0.2) is 0 Å². The largest absolute Gasteiger partial charge is 0.402 e. The lowest BCUT2D eigenvalue weighted by atomic mass is 9.66. The second-order valence-electron chi connectivity index (χ2n) is 4.35. The Kier molecular flexibility index (Phi) is 1.54. The normalized spacial score (nSPS) is 33.0. The van der Waals surface area contributed by atoms with Crippen LogP contribution in [0, 0.1) is 17.3 Å². The van der Waals surface area contributed by atoms with Crippen LogP contribution >= 0.6 is 0 Å². The van der Waals surface area contributed by atoms with Crippen LogP contribution in [0.4, 0.5) is 0 Å². The maximum atomic E-state index is 5.67. The highest BCUT2D eigenvalue weighted by atomic mass is 14.7. The maximum Gasteiger partial charge on any atom is 0.00781 e. The Morgan fingerprint density at radius 1 is 1.40 bits per heavy atom. The van der Waals surface area contributed by atoms with Gasteiger partial charge in [0.1, 0.15) is 0 Å². The van der Waals surface area contributed by atoms with E-state index in [9.17, 15) is 0 Å². The molecule has 0 amide bonds. The fourth-order valence-electron chi connectivity index (χ4n) is 1.59. The van der Waals surface area contributed by atoms with E-state index in [-0.39, 0.29) is 0 Å². The molecule has 0 aromatic heterocycles. The molecule has 58 valence electrons. The van der Waals surface area contributed by atoms with Crippen LogP contribution in [0.2, 0.25) is 0 Å². The zero-order valence-electron chi connectivity index (χ0n) is 7.31. The summed E-state index contributed by atoms with van der Waals surface area (Å²) >= 11 is 0. The highest BCUT2D eigenvalue weighted by Crippen LogP contribution is 2.42. The van der Waals surface area contributed by atoms with E-state index in [4.69, 9.17) is 5.73 Å². The fourth-order valence-corrected chi connectivity index (χ4v) is 1.59. The van der Waals surface area contributed by atoms with Crippen molar-refractivity contribution >= 4 is 0 Å². The zero-order valence-corrected chi connectivity index (χ0v) is 7.31. The van der Waals surface area contributed by atoms with Gasteiger partial charge in [-0.1, -0.05) is 33.8 Å². The molecule has 0 aromatic carbocycles. The Hall–Kier alpha value is -0.460. The molecule has 1 heteroatoms. The first kappa shape index (κ1) is 7.64. The van der Waals surface area contributed by atoms with E-state index in [1.165, 1.54) is 0 Å². The smallest absolute Gasteiger partial charge is 0.00781 e. The molecule has 0 aliphatic heterocycles. The van der Waals surface area contributed by atoms with Crippen molar-refractivity contribution in [3.8, 4) is 0 Å². The molecule has 0 spiro atoms. The number of nitrogens with two attached hydrogens (primary N) is 1. The first-order chi connectivity index (χ1) is 4.43. The number of rotatable bonds is 0. The van der Waals surface area contributed by atoms with Crippen LogP contribution in [0.15, 0.2) is 11.8 Å². The predicted molar refractivity (Wildman–Crippen MR) is 44.4 cm³/mol. The number of hydrogen-bond acceptors (Lipinski definition) is 1. The van der Waals surface area contributed by atoms with Crippen LogP contribution in [0.25, 0.3) is 0 Å². The second-order valence-corrected chi connectivity index (χ2v) is 4.35. The van der Waals surface area contributed by atoms with Gasteiger partial charge >= 0.3 is 0 Å². The average Bonchev–Trinajstić information content (AvgIpc) is 1.79. The lowest BCUT2D eigenvalue weighted by Crippen LogP contribution is -2.36. The van der Waals surface area contributed by atoms with Crippen LogP contribution in [0.3, 0.4) is 0 Å². The number of allylic oxidation sites excluding steroid dienone is 2. The third-order valence-corrected chi connectivity index (χ3v) is 2.44. The van der Waals surface area contributed by atoms with Gasteiger partial charge in [-0.3, -0.25) is 0 Å². The van der Waals surface area contributed by atoms with Crippen LogP contribution in [-0.4, -0.2) is 0 Å². The van der Waals surface area contributed by atoms with Gasteiger partial charge in [0, 0.05) is 11.6 Å². The first-order valence-corrected chi connectivity index (χ1v) is 3.90. The molecule has 0 saturated carbocycles. The van der Waals surface area contributed by atoms with E-state index in [1.54, 1.807) is 0 Å². The minimum Gasteiger partial charge on any atom is -0.402 e. The van der Waals surface area contributed by atoms with Crippen LogP contribution in [0.1, 0.15) is 27.7 Å². The Morgan fingerprint density at radius 2 is 1.90 bits per heavy atom. The van der Waals surface area contributed by atoms with Gasteiger partial charge < -0.3 is 5.73 Å². The van der Waals surface area contributed by atoms with Gasteiger partial charge in [0.25, 0.3) is 0 Å². The quantitative estimate of drug-likeness (QED) is 0.546. The third kappa shape index (κ3) is 1.05. The molecule has 0 bridgehead atoms. The van der Waals surface area contributed by atoms with Gasteiger partial charge in [-0.2, -0.15) is 0 Å². The second kappa shape index (κ2) is 2.01. The van der Waals surface area contributed by atoms with Gasteiger partial charge in [-0.25, -0.2) is 0 Å². The Bertz CT molecular complexity index is 162. The Labute approximate surface area is 63.3 Å². The van der Waals surface area contributed by atoms with Crippen molar-refractivity contribution in [3.63, 3.8) is 0 Å². The Morgan fingerprint density at radius 3 is 2.00 bits per heavy atom. The summed E-state index contributed by atoms with van der Waals surface area (Å²) in [5.41, 5.74) is 7.13. The lowest BCUT2D eigenvalue weighted by Gasteiger charge is -2.40. The van der Waals surface area contributed by atoms with E-state index in [0.29, 0.717) is 17.3 Å². The van der Waals surface area contributed by atoms with Gasteiger partial charge in [0.05, 0.1) is 0 Å². The van der Waals surface area contributed by atoms with E-state index in [2.05, 4.69) is 33.8 Å². The molecule has 1 aliphatic rings. The number of hydrogen-bond donors (Lipinski definition) is 1. The molecule has 10 heavy (non-hydrogen) atoms. The maximum absolute atomic E-state index is 5.67. The molecule has 2 atom stereocenters. The molecule has 0 aromatic rings. The Balaban J connectivity index is 2.66. The third-order valence-electron chi connectivity index (χ3n) is 2.44. The monoisotopic (exact) mass is 139 g/mol. The van der Waals surface area contributed by atoms with E-state index in [0.717, 1.165) is 5.70 Å². The summed E-state index contributed by atoms with van der Waals surface area (Å²) in [6.45, 7) is 8.98. The van der Waals surface area contributed by atoms with E-state index in [1.807, 2.05) is 0 Å². The molecular formula is C9H17N. The summed E-state index contributed by atoms with van der Waals surface area (Å²) in [4.78, 5) is 0. The average molecular weight is 139 g/mol. The van der Waals surface area contributed by atoms with E-state index < -0.39 is 0 Å². The van der Waals surface area contributed by atoms with Gasteiger partial charge in [-0.05, 0) is 11.3 Å². The SMILES string of the molecule is C[C@@H]1C(N)=CC1C(C)(C)C. The summed E-state index contributed by atoms with van der Waals surface area (Å²) in [5, 5.41) is 0. The van der Waals surface area contributed by atoms with Crippen molar-refractivity contribution in [1.82, 2.24) is 0 Å². The molecule has 1 rings (SSSR count). The van der Waals surface area contributed by atoms with Crippen molar-refractivity contribution in [2.75, 3.05) is 0 Å². The molecule has 0 radical (unpaired) electrons. The summed E-state index contributed by atoms with van der Waals surface area (Å²) in [5.74, 6) is 1.28. The minimum atomic E-state index is 0.391. The molecular weight excluding hydrogens is 122 g/mol. The van der Waals surface area contributed by atoms with Crippen molar-refractivity contribution in [3.05, 3.63) is 11.8 Å². The fraction of sp³-hybridized carbons (Fsp3) is 0.778. The highest BCUT2D eigenvalue weighted by Gasteiger charge is 2.35. The topological polar surface area (TPSA) is 26.0 Å². The molecule has 0 fully saturated rings. The molecule has 2 N–H and O–H groups in total. The lowest BCUT2D eigenvalue weighted by molar-refractivity contribution is 0.207. The summed E-state index contributed by atoms with van der Waals surface area (Å²) in [6, 6.07) is 0. The minimum absolute atomic E-state index is 0.391. The predicted octanol–water partition coefficient (Wildman–Crippen LogP) is 2.14.